The molecule has 4 rings (SSSR count). The van der Waals surface area contributed by atoms with Crippen LogP contribution < -0.4 is 5.32 Å². The number of carbonyl (C=O) groups is 2. The zero-order valence-corrected chi connectivity index (χ0v) is 14.2. The number of nitrogens with zero attached hydrogens (tertiary/aromatic N) is 1. The molecule has 1 aliphatic carbocycles. The molecule has 1 aliphatic heterocycles. The molecule has 0 unspecified atom stereocenters. The molecule has 4 nitrogen and oxygen atoms in total. The van der Waals surface area contributed by atoms with E-state index in [4.69, 9.17) is 0 Å². The second-order valence-corrected chi connectivity index (χ2v) is 6.93. The Morgan fingerprint density at radius 2 is 1.72 bits per heavy atom. The van der Waals surface area contributed by atoms with Crippen molar-refractivity contribution in [2.75, 3.05) is 13.1 Å². The molecule has 2 aromatic carbocycles. The van der Waals surface area contributed by atoms with Crippen molar-refractivity contribution in [2.24, 2.45) is 5.92 Å². The topological polar surface area (TPSA) is 49.4 Å². The van der Waals surface area contributed by atoms with Gasteiger partial charge in [-0.15, -0.1) is 0 Å². The normalized spacial score (nSPS) is 19.2. The van der Waals surface area contributed by atoms with Gasteiger partial charge in [0.1, 0.15) is 0 Å². The maximum atomic E-state index is 12.6. The van der Waals surface area contributed by atoms with E-state index < -0.39 is 0 Å². The third-order valence-electron chi connectivity index (χ3n) is 5.11. The van der Waals surface area contributed by atoms with Gasteiger partial charge in [0, 0.05) is 24.9 Å². The third-order valence-corrected chi connectivity index (χ3v) is 5.11. The quantitative estimate of drug-likeness (QED) is 0.934. The molecule has 1 atom stereocenters. The minimum atomic E-state index is -0.00978. The summed E-state index contributed by atoms with van der Waals surface area (Å²) in [7, 11) is 0. The summed E-state index contributed by atoms with van der Waals surface area (Å²) in [6, 6.07) is 18.6. The van der Waals surface area contributed by atoms with E-state index >= 15 is 0 Å². The van der Waals surface area contributed by atoms with Gasteiger partial charge in [0.15, 0.2) is 0 Å². The lowest BCUT2D eigenvalue weighted by molar-refractivity contribution is -0.134. The summed E-state index contributed by atoms with van der Waals surface area (Å²) >= 11 is 0. The van der Waals surface area contributed by atoms with Gasteiger partial charge in [-0.3, -0.25) is 9.59 Å². The molecule has 1 fully saturated rings. The first kappa shape index (κ1) is 15.9. The summed E-state index contributed by atoms with van der Waals surface area (Å²) in [5, 5.41) is 2.79. The fourth-order valence-electron chi connectivity index (χ4n) is 3.53. The summed E-state index contributed by atoms with van der Waals surface area (Å²) in [4.78, 5) is 26.3. The highest BCUT2D eigenvalue weighted by molar-refractivity contribution is 5.87. The Morgan fingerprint density at radius 3 is 2.48 bits per heavy atom. The molecule has 0 saturated heterocycles. The number of rotatable bonds is 4. The average Bonchev–Trinajstić information content (AvgIpc) is 3.51. The zero-order valence-electron chi connectivity index (χ0n) is 14.2. The minimum Gasteiger partial charge on any atom is -0.347 e. The third kappa shape index (κ3) is 3.43. The SMILES string of the molecule is O=C(NCC(=O)N1Cc2ccccc2[C@H](c2ccccc2)C1)C1CC1. The fourth-order valence-corrected chi connectivity index (χ4v) is 3.53. The highest BCUT2D eigenvalue weighted by Gasteiger charge is 2.31. The van der Waals surface area contributed by atoms with Crippen molar-refractivity contribution in [3.05, 3.63) is 71.3 Å². The van der Waals surface area contributed by atoms with E-state index in [-0.39, 0.29) is 30.2 Å². The molecule has 2 aromatic rings. The van der Waals surface area contributed by atoms with Crippen LogP contribution in [0.25, 0.3) is 0 Å². The van der Waals surface area contributed by atoms with Crippen LogP contribution in [-0.4, -0.2) is 29.8 Å². The summed E-state index contributed by atoms with van der Waals surface area (Å²) in [5.74, 6) is 0.316. The molecular weight excluding hydrogens is 312 g/mol. The van der Waals surface area contributed by atoms with Gasteiger partial charge in [-0.25, -0.2) is 0 Å². The lowest BCUT2D eigenvalue weighted by Gasteiger charge is -2.35. The van der Waals surface area contributed by atoms with Crippen LogP contribution in [0, 0.1) is 5.92 Å². The van der Waals surface area contributed by atoms with Crippen molar-refractivity contribution in [3.8, 4) is 0 Å². The highest BCUT2D eigenvalue weighted by Crippen LogP contribution is 2.33. The van der Waals surface area contributed by atoms with E-state index in [0.717, 1.165) is 12.8 Å². The lowest BCUT2D eigenvalue weighted by Crippen LogP contribution is -2.44. The van der Waals surface area contributed by atoms with Gasteiger partial charge in [0.2, 0.25) is 11.8 Å². The molecule has 1 N–H and O–H groups in total. The van der Waals surface area contributed by atoms with Crippen LogP contribution in [0.3, 0.4) is 0 Å². The first-order chi connectivity index (χ1) is 12.2. The Morgan fingerprint density at radius 1 is 1.00 bits per heavy atom. The molecule has 128 valence electrons. The van der Waals surface area contributed by atoms with E-state index in [9.17, 15) is 9.59 Å². The Bertz CT molecular complexity index is 783. The van der Waals surface area contributed by atoms with Crippen LogP contribution >= 0.6 is 0 Å². The van der Waals surface area contributed by atoms with Crippen LogP contribution in [0.1, 0.15) is 35.4 Å². The second-order valence-electron chi connectivity index (χ2n) is 6.93. The number of hydrogen-bond acceptors (Lipinski definition) is 2. The monoisotopic (exact) mass is 334 g/mol. The first-order valence-electron chi connectivity index (χ1n) is 8.90. The minimum absolute atomic E-state index is 0.00978. The molecule has 4 heteroatoms. The van der Waals surface area contributed by atoms with Crippen LogP contribution in [0.5, 0.6) is 0 Å². The predicted molar refractivity (Wildman–Crippen MR) is 95.9 cm³/mol. The Kier molecular flexibility index (Phi) is 4.26. The molecule has 0 bridgehead atoms. The van der Waals surface area contributed by atoms with Gasteiger partial charge >= 0.3 is 0 Å². The number of benzene rings is 2. The molecule has 1 heterocycles. The van der Waals surface area contributed by atoms with Crippen molar-refractivity contribution >= 4 is 11.8 Å². The van der Waals surface area contributed by atoms with Gasteiger partial charge < -0.3 is 10.2 Å². The largest absolute Gasteiger partial charge is 0.347 e. The smallest absolute Gasteiger partial charge is 0.242 e. The number of hydrogen-bond donors (Lipinski definition) is 1. The number of amides is 2. The molecule has 0 spiro atoms. The maximum Gasteiger partial charge on any atom is 0.242 e. The molecule has 0 aromatic heterocycles. The van der Waals surface area contributed by atoms with E-state index in [0.29, 0.717) is 13.1 Å². The standard InChI is InChI=1S/C21H22N2O2/c24-20(12-22-21(25)16-10-11-16)23-13-17-8-4-5-9-18(17)19(14-23)15-6-2-1-3-7-15/h1-9,16,19H,10-14H2,(H,22,25)/t19-/m0/s1. The first-order valence-corrected chi connectivity index (χ1v) is 8.90. The average molecular weight is 334 g/mol. The van der Waals surface area contributed by atoms with Gasteiger partial charge in [0.05, 0.1) is 6.54 Å². The number of fused-ring (bicyclic) bond motifs is 1. The van der Waals surface area contributed by atoms with Gasteiger partial charge in [-0.1, -0.05) is 54.6 Å². The summed E-state index contributed by atoms with van der Waals surface area (Å²) in [5.41, 5.74) is 3.69. The van der Waals surface area contributed by atoms with E-state index in [1.807, 2.05) is 29.2 Å². The fraction of sp³-hybridized carbons (Fsp3) is 0.333. The summed E-state index contributed by atoms with van der Waals surface area (Å²) in [6.45, 7) is 1.36. The Labute approximate surface area is 147 Å². The van der Waals surface area contributed by atoms with E-state index in [1.165, 1.54) is 16.7 Å². The molecule has 2 amide bonds. The van der Waals surface area contributed by atoms with Crippen LogP contribution in [0.4, 0.5) is 0 Å². The van der Waals surface area contributed by atoms with Crippen molar-refractivity contribution in [1.29, 1.82) is 0 Å². The lowest BCUT2D eigenvalue weighted by atomic mass is 9.84. The van der Waals surface area contributed by atoms with Crippen molar-refractivity contribution in [2.45, 2.75) is 25.3 Å². The molecular formula is C21H22N2O2. The Hall–Kier alpha value is -2.62. The van der Waals surface area contributed by atoms with Crippen molar-refractivity contribution in [3.63, 3.8) is 0 Å². The van der Waals surface area contributed by atoms with Crippen molar-refractivity contribution in [1.82, 2.24) is 10.2 Å². The highest BCUT2D eigenvalue weighted by atomic mass is 16.2. The van der Waals surface area contributed by atoms with E-state index in [1.54, 1.807) is 0 Å². The second kappa shape index (κ2) is 6.71. The molecule has 0 radical (unpaired) electrons. The van der Waals surface area contributed by atoms with Crippen LogP contribution in [-0.2, 0) is 16.1 Å². The van der Waals surface area contributed by atoms with Gasteiger partial charge in [-0.05, 0) is 29.5 Å². The number of nitrogens with one attached hydrogen (secondary N) is 1. The molecule has 25 heavy (non-hydrogen) atoms. The molecule has 2 aliphatic rings. The predicted octanol–water partition coefficient (Wildman–Crippen LogP) is 2.69. The zero-order chi connectivity index (χ0) is 17.2. The van der Waals surface area contributed by atoms with Gasteiger partial charge in [-0.2, -0.15) is 0 Å². The molecule has 1 saturated carbocycles. The van der Waals surface area contributed by atoms with Crippen LogP contribution in [0.15, 0.2) is 54.6 Å². The maximum absolute atomic E-state index is 12.6. The van der Waals surface area contributed by atoms with Crippen LogP contribution in [0.2, 0.25) is 0 Å². The van der Waals surface area contributed by atoms with Crippen molar-refractivity contribution < 1.29 is 9.59 Å². The van der Waals surface area contributed by atoms with Gasteiger partial charge in [0.25, 0.3) is 0 Å². The summed E-state index contributed by atoms with van der Waals surface area (Å²) in [6.07, 6.45) is 1.90. The van der Waals surface area contributed by atoms with E-state index in [2.05, 4.69) is 35.6 Å². The Balaban J connectivity index is 1.52. The summed E-state index contributed by atoms with van der Waals surface area (Å²) < 4.78 is 0. The number of carbonyl (C=O) groups excluding carboxylic acids is 2.